The van der Waals surface area contributed by atoms with Crippen LogP contribution in [0.5, 0.6) is 0 Å². The summed E-state index contributed by atoms with van der Waals surface area (Å²) < 4.78 is 1.95. The molecule has 2 aromatic heterocycles. The average Bonchev–Trinajstić information content (AvgIpc) is 3.21. The fourth-order valence-electron chi connectivity index (χ4n) is 4.35. The van der Waals surface area contributed by atoms with Crippen LogP contribution in [0.1, 0.15) is 37.9 Å². The number of aromatic nitrogens is 3. The number of hydrogen-bond acceptors (Lipinski definition) is 5. The van der Waals surface area contributed by atoms with E-state index in [0.29, 0.717) is 11.9 Å². The Balaban J connectivity index is 1.40. The molecule has 2 aliphatic heterocycles. The summed E-state index contributed by atoms with van der Waals surface area (Å²) >= 11 is 0. The number of nitrogens with zero attached hydrogens (tertiary/aromatic N) is 3. The third kappa shape index (κ3) is 3.25. The second-order valence-corrected chi connectivity index (χ2v) is 8.58. The van der Waals surface area contributed by atoms with Gasteiger partial charge in [-0.1, -0.05) is 12.1 Å². The van der Waals surface area contributed by atoms with Crippen molar-refractivity contribution in [3.05, 3.63) is 47.7 Å². The van der Waals surface area contributed by atoms with Gasteiger partial charge < -0.3 is 16.0 Å². The molecule has 7 nitrogen and oxygen atoms in total. The first kappa shape index (κ1) is 18.1. The first-order chi connectivity index (χ1) is 14.0. The molecule has 2 aliphatic rings. The molecule has 0 spiro atoms. The molecule has 0 bridgehead atoms. The minimum Gasteiger partial charge on any atom is -0.325 e. The zero-order valence-corrected chi connectivity index (χ0v) is 16.8. The molecule has 0 radical (unpaired) electrons. The van der Waals surface area contributed by atoms with E-state index in [-0.39, 0.29) is 5.91 Å². The summed E-state index contributed by atoms with van der Waals surface area (Å²) in [5.74, 6) is 1.27. The molecular formula is C22H26N6O. The summed E-state index contributed by atoms with van der Waals surface area (Å²) in [4.78, 5) is 16.8. The maximum atomic E-state index is 12.2. The lowest BCUT2D eigenvalue weighted by atomic mass is 9.86. The van der Waals surface area contributed by atoms with E-state index in [2.05, 4.69) is 33.1 Å². The fraction of sp³-hybridized carbons (Fsp3) is 0.409. The molecule has 1 aromatic carbocycles. The topological polar surface area (TPSA) is 83.3 Å². The molecule has 1 fully saturated rings. The number of carbonyl (C=O) groups is 1. The van der Waals surface area contributed by atoms with Gasteiger partial charge in [-0.15, -0.1) is 5.10 Å². The van der Waals surface area contributed by atoms with Gasteiger partial charge in [0.1, 0.15) is 0 Å². The lowest BCUT2D eigenvalue weighted by Crippen LogP contribution is -2.29. The molecule has 7 heteroatoms. The van der Waals surface area contributed by atoms with Crippen molar-refractivity contribution in [1.29, 1.82) is 0 Å². The van der Waals surface area contributed by atoms with E-state index in [1.54, 1.807) is 0 Å². The van der Waals surface area contributed by atoms with Gasteiger partial charge in [-0.25, -0.2) is 4.52 Å². The molecule has 4 heterocycles. The van der Waals surface area contributed by atoms with E-state index >= 15 is 0 Å². The molecule has 5 rings (SSSR count). The van der Waals surface area contributed by atoms with E-state index in [0.717, 1.165) is 42.1 Å². The molecule has 1 amide bonds. The first-order valence-corrected chi connectivity index (χ1v) is 10.3. The van der Waals surface area contributed by atoms with Gasteiger partial charge in [0.05, 0.1) is 5.41 Å². The molecule has 150 valence electrons. The van der Waals surface area contributed by atoms with Gasteiger partial charge in [-0.05, 0) is 81.9 Å². The highest BCUT2D eigenvalue weighted by molar-refractivity contribution is 6.06. The number of amides is 1. The van der Waals surface area contributed by atoms with Crippen molar-refractivity contribution in [3.63, 3.8) is 0 Å². The number of nitrogens with one attached hydrogen (secondary N) is 3. The maximum absolute atomic E-state index is 12.2. The van der Waals surface area contributed by atoms with E-state index in [9.17, 15) is 4.79 Å². The normalized spacial score (nSPS) is 18.6. The van der Waals surface area contributed by atoms with Crippen molar-refractivity contribution in [2.45, 2.75) is 38.5 Å². The zero-order valence-electron chi connectivity index (χ0n) is 16.8. The summed E-state index contributed by atoms with van der Waals surface area (Å²) in [7, 11) is 0. The third-order valence-corrected chi connectivity index (χ3v) is 6.16. The smallest absolute Gasteiger partial charge is 0.247 e. The summed E-state index contributed by atoms with van der Waals surface area (Å²) in [6.07, 6.45) is 3.42. The number of carbonyl (C=O) groups excluding carboxylic acids is 1. The van der Waals surface area contributed by atoms with Crippen LogP contribution in [0.3, 0.4) is 0 Å². The Bertz CT molecular complexity index is 1080. The lowest BCUT2D eigenvalue weighted by molar-refractivity contribution is -0.119. The van der Waals surface area contributed by atoms with Crippen LogP contribution < -0.4 is 16.0 Å². The molecular weight excluding hydrogens is 364 g/mol. The van der Waals surface area contributed by atoms with Crippen molar-refractivity contribution in [1.82, 2.24) is 19.9 Å². The Morgan fingerprint density at radius 2 is 2.03 bits per heavy atom. The molecule has 0 atom stereocenters. The van der Waals surface area contributed by atoms with Crippen LogP contribution >= 0.6 is 0 Å². The highest BCUT2D eigenvalue weighted by Crippen LogP contribution is 2.38. The number of pyridine rings is 1. The van der Waals surface area contributed by atoms with Crippen molar-refractivity contribution < 1.29 is 4.79 Å². The van der Waals surface area contributed by atoms with Gasteiger partial charge in [0.2, 0.25) is 11.9 Å². The van der Waals surface area contributed by atoms with Gasteiger partial charge in [0.15, 0.2) is 5.65 Å². The monoisotopic (exact) mass is 390 g/mol. The second kappa shape index (κ2) is 6.84. The predicted octanol–water partition coefficient (Wildman–Crippen LogP) is 3.24. The van der Waals surface area contributed by atoms with E-state index in [1.165, 1.54) is 18.5 Å². The van der Waals surface area contributed by atoms with Crippen LogP contribution in [-0.4, -0.2) is 33.6 Å². The van der Waals surface area contributed by atoms with Crippen LogP contribution in [0.4, 0.5) is 17.3 Å². The first-order valence-electron chi connectivity index (χ1n) is 10.3. The van der Waals surface area contributed by atoms with E-state index in [4.69, 9.17) is 5.10 Å². The standard InChI is InChI=1S/C22H26N6O/c1-22(2)17-7-6-15(13-18(17)25-20(22)29)24-21-26-19-5-3-4-16(28(19)27-21)12-14-8-10-23-11-9-14/h3-7,13-14,23H,8-12H2,1-2H3,(H,24,27)(H,25,29). The number of fused-ring (bicyclic) bond motifs is 2. The van der Waals surface area contributed by atoms with E-state index < -0.39 is 5.41 Å². The third-order valence-electron chi connectivity index (χ3n) is 6.16. The van der Waals surface area contributed by atoms with Crippen molar-refractivity contribution in [3.8, 4) is 0 Å². The molecule has 1 saturated heterocycles. The molecule has 0 aliphatic carbocycles. The van der Waals surface area contributed by atoms with Crippen molar-refractivity contribution >= 4 is 28.9 Å². The van der Waals surface area contributed by atoms with Gasteiger partial charge >= 0.3 is 0 Å². The van der Waals surface area contributed by atoms with Gasteiger partial charge in [0, 0.05) is 17.1 Å². The van der Waals surface area contributed by atoms with Gasteiger partial charge in [-0.3, -0.25) is 4.79 Å². The van der Waals surface area contributed by atoms with Crippen LogP contribution in [0.25, 0.3) is 5.65 Å². The lowest BCUT2D eigenvalue weighted by Gasteiger charge is -2.22. The van der Waals surface area contributed by atoms with E-state index in [1.807, 2.05) is 42.6 Å². The summed E-state index contributed by atoms with van der Waals surface area (Å²) in [5.41, 5.74) is 4.25. The second-order valence-electron chi connectivity index (χ2n) is 8.58. The number of hydrogen-bond donors (Lipinski definition) is 3. The van der Waals surface area contributed by atoms with Crippen LogP contribution in [0.15, 0.2) is 36.4 Å². The molecule has 3 N–H and O–H groups in total. The van der Waals surface area contributed by atoms with Gasteiger partial charge in [-0.2, -0.15) is 4.98 Å². The Morgan fingerprint density at radius 3 is 2.86 bits per heavy atom. The molecule has 0 unspecified atom stereocenters. The Labute approximate surface area is 169 Å². The average molecular weight is 390 g/mol. The predicted molar refractivity (Wildman–Crippen MR) is 114 cm³/mol. The number of anilines is 3. The minimum atomic E-state index is -0.501. The highest BCUT2D eigenvalue weighted by Gasteiger charge is 2.38. The van der Waals surface area contributed by atoms with Crippen LogP contribution in [0, 0.1) is 5.92 Å². The maximum Gasteiger partial charge on any atom is 0.247 e. The van der Waals surface area contributed by atoms with Crippen molar-refractivity contribution in [2.75, 3.05) is 23.7 Å². The Morgan fingerprint density at radius 1 is 1.21 bits per heavy atom. The molecule has 3 aromatic rings. The fourth-order valence-corrected chi connectivity index (χ4v) is 4.35. The summed E-state index contributed by atoms with van der Waals surface area (Å²) in [6.45, 7) is 6.07. The zero-order chi connectivity index (χ0) is 20.0. The largest absolute Gasteiger partial charge is 0.325 e. The summed E-state index contributed by atoms with van der Waals surface area (Å²) in [6, 6.07) is 12.1. The minimum absolute atomic E-state index is 0.0260. The SMILES string of the molecule is CC1(C)C(=O)Nc2cc(Nc3nc4cccc(CC5CCNCC5)n4n3)ccc21. The Kier molecular flexibility index (Phi) is 4.28. The molecule has 0 saturated carbocycles. The highest BCUT2D eigenvalue weighted by atomic mass is 16.2. The quantitative estimate of drug-likeness (QED) is 0.637. The summed E-state index contributed by atoms with van der Waals surface area (Å²) in [5, 5.41) is 14.4. The van der Waals surface area contributed by atoms with Gasteiger partial charge in [0.25, 0.3) is 0 Å². The molecule has 29 heavy (non-hydrogen) atoms. The number of rotatable bonds is 4. The number of benzene rings is 1. The van der Waals surface area contributed by atoms with Crippen LogP contribution in [0.2, 0.25) is 0 Å². The number of piperidine rings is 1. The van der Waals surface area contributed by atoms with Crippen LogP contribution in [-0.2, 0) is 16.6 Å². The van der Waals surface area contributed by atoms with Crippen molar-refractivity contribution in [2.24, 2.45) is 5.92 Å². The Hall–Kier alpha value is -2.93.